The number of hydrogen-bond acceptors (Lipinski definition) is 4. The van der Waals surface area contributed by atoms with Gasteiger partial charge in [0.2, 0.25) is 0 Å². The molecule has 0 saturated carbocycles. The number of nitrogens with zero attached hydrogens (tertiary/aromatic N) is 1. The maximum atomic E-state index is 12.0. The van der Waals surface area contributed by atoms with Crippen LogP contribution in [0.4, 0.5) is 10.5 Å². The van der Waals surface area contributed by atoms with Crippen molar-refractivity contribution in [2.24, 2.45) is 5.10 Å². The van der Waals surface area contributed by atoms with Crippen molar-refractivity contribution < 1.29 is 14.3 Å². The number of carbonyl (C=O) groups is 1. The lowest BCUT2D eigenvalue weighted by atomic mass is 10.2. The van der Waals surface area contributed by atoms with Crippen LogP contribution in [0.15, 0.2) is 71.8 Å². The number of amides is 2. The maximum Gasteiger partial charge on any atom is 0.339 e. The van der Waals surface area contributed by atoms with Crippen LogP contribution in [0.1, 0.15) is 23.6 Å². The van der Waals surface area contributed by atoms with Crippen LogP contribution in [0.25, 0.3) is 0 Å². The minimum Gasteiger partial charge on any atom is -0.490 e. The topological polar surface area (TPSA) is 72.0 Å². The predicted octanol–water partition coefficient (Wildman–Crippen LogP) is 5.73. The SMILES string of the molecule is CCOc1cc(C=NNC(=O)Nc2ccccc2C)ccc1OCc1ccc(I)cc1. The lowest BCUT2D eigenvalue weighted by Crippen LogP contribution is -2.24. The number of carbonyl (C=O) groups excluding carboxylic acids is 1. The number of urea groups is 1. The number of para-hydroxylation sites is 1. The monoisotopic (exact) mass is 529 g/mol. The Morgan fingerprint density at radius 3 is 2.55 bits per heavy atom. The van der Waals surface area contributed by atoms with E-state index in [1.807, 2.05) is 80.6 Å². The van der Waals surface area contributed by atoms with Crippen molar-refractivity contribution >= 4 is 40.5 Å². The molecule has 2 N–H and O–H groups in total. The fraction of sp³-hybridized carbons (Fsp3) is 0.167. The Morgan fingerprint density at radius 2 is 1.81 bits per heavy atom. The van der Waals surface area contributed by atoms with Crippen LogP contribution in [0, 0.1) is 10.5 Å². The Morgan fingerprint density at radius 1 is 1.03 bits per heavy atom. The molecule has 0 heterocycles. The molecular formula is C24H24IN3O3. The number of benzene rings is 3. The standard InChI is InChI=1S/C24H24IN3O3/c1-3-30-23-14-19(10-13-22(23)31-16-18-8-11-20(25)12-9-18)15-26-28-24(29)27-21-7-5-4-6-17(21)2/h4-15H,3,16H2,1-2H3,(H2,27,28,29). The molecule has 0 bridgehead atoms. The minimum atomic E-state index is -0.409. The second-order valence-corrected chi connectivity index (χ2v) is 7.94. The van der Waals surface area contributed by atoms with E-state index >= 15 is 0 Å². The van der Waals surface area contributed by atoms with E-state index in [1.54, 1.807) is 6.21 Å². The first-order valence-corrected chi connectivity index (χ1v) is 10.9. The van der Waals surface area contributed by atoms with Crippen molar-refractivity contribution in [2.75, 3.05) is 11.9 Å². The van der Waals surface area contributed by atoms with Crippen molar-refractivity contribution in [3.63, 3.8) is 0 Å². The number of ether oxygens (including phenoxy) is 2. The lowest BCUT2D eigenvalue weighted by molar-refractivity contribution is 0.252. The van der Waals surface area contributed by atoms with E-state index < -0.39 is 6.03 Å². The first kappa shape index (κ1) is 22.6. The molecule has 0 aliphatic heterocycles. The molecule has 0 radical (unpaired) electrons. The lowest BCUT2D eigenvalue weighted by Gasteiger charge is -2.12. The molecule has 3 aromatic carbocycles. The van der Waals surface area contributed by atoms with Crippen molar-refractivity contribution in [3.05, 3.63) is 87.0 Å². The normalized spacial score (nSPS) is 10.7. The molecule has 3 aromatic rings. The molecule has 0 aliphatic rings. The highest BCUT2D eigenvalue weighted by molar-refractivity contribution is 14.1. The van der Waals surface area contributed by atoms with E-state index in [2.05, 4.69) is 38.4 Å². The van der Waals surface area contributed by atoms with Gasteiger partial charge in [0, 0.05) is 9.26 Å². The summed E-state index contributed by atoms with van der Waals surface area (Å²) in [6, 6.07) is 20.8. The number of rotatable bonds is 8. The predicted molar refractivity (Wildman–Crippen MR) is 132 cm³/mol. The van der Waals surface area contributed by atoms with Gasteiger partial charge < -0.3 is 14.8 Å². The van der Waals surface area contributed by atoms with Gasteiger partial charge in [0.1, 0.15) is 6.61 Å². The summed E-state index contributed by atoms with van der Waals surface area (Å²) in [4.78, 5) is 12.0. The molecule has 0 spiro atoms. The molecule has 0 aromatic heterocycles. The summed E-state index contributed by atoms with van der Waals surface area (Å²) in [7, 11) is 0. The number of anilines is 1. The second-order valence-electron chi connectivity index (χ2n) is 6.69. The van der Waals surface area contributed by atoms with Gasteiger partial charge in [-0.1, -0.05) is 30.3 Å². The quantitative estimate of drug-likeness (QED) is 0.222. The molecule has 160 valence electrons. The Hall–Kier alpha value is -3.07. The van der Waals surface area contributed by atoms with E-state index in [0.29, 0.717) is 24.7 Å². The average molecular weight is 529 g/mol. The number of nitrogens with one attached hydrogen (secondary N) is 2. The third-order valence-electron chi connectivity index (χ3n) is 4.35. The van der Waals surface area contributed by atoms with Gasteiger partial charge in [0.15, 0.2) is 11.5 Å². The molecule has 0 unspecified atom stereocenters. The van der Waals surface area contributed by atoms with Gasteiger partial charge in [-0.2, -0.15) is 5.10 Å². The van der Waals surface area contributed by atoms with Crippen LogP contribution < -0.4 is 20.2 Å². The molecule has 0 fully saturated rings. The fourth-order valence-corrected chi connectivity index (χ4v) is 3.12. The minimum absolute atomic E-state index is 0.409. The van der Waals surface area contributed by atoms with Gasteiger partial charge in [-0.15, -0.1) is 0 Å². The molecule has 2 amide bonds. The highest BCUT2D eigenvalue weighted by Gasteiger charge is 2.07. The van der Waals surface area contributed by atoms with E-state index in [4.69, 9.17) is 9.47 Å². The number of halogens is 1. The molecule has 0 aliphatic carbocycles. The van der Waals surface area contributed by atoms with Crippen LogP contribution in [-0.2, 0) is 6.61 Å². The molecule has 0 saturated heterocycles. The van der Waals surface area contributed by atoms with Gasteiger partial charge in [0.05, 0.1) is 12.8 Å². The van der Waals surface area contributed by atoms with Gasteiger partial charge >= 0.3 is 6.03 Å². The van der Waals surface area contributed by atoms with Gasteiger partial charge in [0.25, 0.3) is 0 Å². The first-order valence-electron chi connectivity index (χ1n) is 9.85. The second kappa shape index (κ2) is 11.4. The van der Waals surface area contributed by atoms with Gasteiger partial charge in [-0.3, -0.25) is 0 Å². The molecule has 6 nitrogen and oxygen atoms in total. The third kappa shape index (κ3) is 6.99. The Labute approximate surface area is 195 Å². The molecule has 7 heteroatoms. The summed E-state index contributed by atoms with van der Waals surface area (Å²) >= 11 is 2.27. The molecular weight excluding hydrogens is 505 g/mol. The highest BCUT2D eigenvalue weighted by Crippen LogP contribution is 2.29. The van der Waals surface area contributed by atoms with E-state index in [0.717, 1.165) is 22.4 Å². The first-order chi connectivity index (χ1) is 15.0. The summed E-state index contributed by atoms with van der Waals surface area (Å²) in [5.41, 5.74) is 6.05. The Kier molecular flexibility index (Phi) is 8.28. The number of hydrazone groups is 1. The smallest absolute Gasteiger partial charge is 0.339 e. The summed E-state index contributed by atoms with van der Waals surface area (Å²) in [6.45, 7) is 4.81. The summed E-state index contributed by atoms with van der Waals surface area (Å²) in [5.74, 6) is 1.28. The third-order valence-corrected chi connectivity index (χ3v) is 5.07. The molecule has 3 rings (SSSR count). The Bertz CT molecular complexity index is 1050. The van der Waals surface area contributed by atoms with E-state index in [1.165, 1.54) is 3.57 Å². The highest BCUT2D eigenvalue weighted by atomic mass is 127. The summed E-state index contributed by atoms with van der Waals surface area (Å²) in [5, 5.41) is 6.78. The van der Waals surface area contributed by atoms with E-state index in [9.17, 15) is 4.79 Å². The van der Waals surface area contributed by atoms with Gasteiger partial charge in [-0.25, -0.2) is 10.2 Å². The zero-order valence-corrected chi connectivity index (χ0v) is 19.5. The van der Waals surface area contributed by atoms with E-state index in [-0.39, 0.29) is 0 Å². The van der Waals surface area contributed by atoms with Crippen LogP contribution in [0.5, 0.6) is 11.5 Å². The van der Waals surface area contributed by atoms with Crippen LogP contribution in [0.3, 0.4) is 0 Å². The van der Waals surface area contributed by atoms with Crippen LogP contribution in [-0.4, -0.2) is 18.9 Å². The van der Waals surface area contributed by atoms with Crippen molar-refractivity contribution in [3.8, 4) is 11.5 Å². The van der Waals surface area contributed by atoms with Crippen molar-refractivity contribution in [1.29, 1.82) is 0 Å². The zero-order chi connectivity index (χ0) is 22.1. The fourth-order valence-electron chi connectivity index (χ4n) is 2.76. The van der Waals surface area contributed by atoms with Crippen LogP contribution >= 0.6 is 22.6 Å². The van der Waals surface area contributed by atoms with Crippen molar-refractivity contribution in [2.45, 2.75) is 20.5 Å². The summed E-state index contributed by atoms with van der Waals surface area (Å²) in [6.07, 6.45) is 1.56. The van der Waals surface area contributed by atoms with Gasteiger partial charge in [-0.05, 0) is 89.5 Å². The molecule has 0 atom stereocenters. The molecule has 31 heavy (non-hydrogen) atoms. The number of aryl methyl sites for hydroxylation is 1. The van der Waals surface area contributed by atoms with Crippen LogP contribution in [0.2, 0.25) is 0 Å². The summed E-state index contributed by atoms with van der Waals surface area (Å²) < 4.78 is 12.8. The average Bonchev–Trinajstić information content (AvgIpc) is 2.76. The van der Waals surface area contributed by atoms with Crippen molar-refractivity contribution in [1.82, 2.24) is 5.43 Å². The number of hydrogen-bond donors (Lipinski definition) is 2. The maximum absolute atomic E-state index is 12.0. The largest absolute Gasteiger partial charge is 0.490 e. The zero-order valence-electron chi connectivity index (χ0n) is 17.4. The Balaban J connectivity index is 1.60.